The standard InChI is InChI=1S/C13H15ClFN3S/c1-7-13(19-8(2)17-7)12(18-16)5-9-3-4-10(15)6-11(9)14/h3-4,6,12,18H,5,16H2,1-2H3. The van der Waals surface area contributed by atoms with Crippen LogP contribution in [0.3, 0.4) is 0 Å². The molecular weight excluding hydrogens is 285 g/mol. The summed E-state index contributed by atoms with van der Waals surface area (Å²) in [5, 5.41) is 1.41. The number of aryl methyl sites for hydroxylation is 2. The summed E-state index contributed by atoms with van der Waals surface area (Å²) in [6, 6.07) is 4.33. The van der Waals surface area contributed by atoms with E-state index in [0.29, 0.717) is 11.4 Å². The molecule has 1 unspecified atom stereocenters. The van der Waals surface area contributed by atoms with Gasteiger partial charge in [-0.3, -0.25) is 11.3 Å². The Morgan fingerprint density at radius 1 is 1.47 bits per heavy atom. The molecule has 2 aromatic rings. The molecule has 0 aliphatic carbocycles. The van der Waals surface area contributed by atoms with Crippen LogP contribution in [0.2, 0.25) is 5.02 Å². The highest BCUT2D eigenvalue weighted by Crippen LogP contribution is 2.29. The van der Waals surface area contributed by atoms with E-state index in [-0.39, 0.29) is 11.9 Å². The SMILES string of the molecule is Cc1nc(C)c(C(Cc2ccc(F)cc2Cl)NN)s1. The summed E-state index contributed by atoms with van der Waals surface area (Å²) in [5.41, 5.74) is 4.60. The molecule has 0 aliphatic heterocycles. The van der Waals surface area contributed by atoms with Gasteiger partial charge in [0, 0.05) is 9.90 Å². The van der Waals surface area contributed by atoms with Crippen molar-refractivity contribution in [2.45, 2.75) is 26.3 Å². The van der Waals surface area contributed by atoms with Gasteiger partial charge < -0.3 is 0 Å². The summed E-state index contributed by atoms with van der Waals surface area (Å²) >= 11 is 7.65. The van der Waals surface area contributed by atoms with Gasteiger partial charge in [-0.15, -0.1) is 11.3 Å². The van der Waals surface area contributed by atoms with Crippen molar-refractivity contribution in [2.24, 2.45) is 5.84 Å². The summed E-state index contributed by atoms with van der Waals surface area (Å²) in [4.78, 5) is 5.47. The first kappa shape index (κ1) is 14.4. The third kappa shape index (κ3) is 3.30. The fraction of sp³-hybridized carbons (Fsp3) is 0.308. The Kier molecular flexibility index (Phi) is 4.52. The predicted octanol–water partition coefficient (Wildman–Crippen LogP) is 3.30. The van der Waals surface area contributed by atoms with E-state index in [2.05, 4.69) is 10.4 Å². The monoisotopic (exact) mass is 299 g/mol. The van der Waals surface area contributed by atoms with Gasteiger partial charge >= 0.3 is 0 Å². The second kappa shape index (κ2) is 5.96. The van der Waals surface area contributed by atoms with E-state index >= 15 is 0 Å². The maximum atomic E-state index is 13.0. The van der Waals surface area contributed by atoms with Crippen molar-refractivity contribution >= 4 is 22.9 Å². The molecule has 1 aromatic heterocycles. The van der Waals surface area contributed by atoms with E-state index < -0.39 is 0 Å². The van der Waals surface area contributed by atoms with E-state index in [1.54, 1.807) is 17.4 Å². The van der Waals surface area contributed by atoms with Crippen molar-refractivity contribution in [2.75, 3.05) is 0 Å². The van der Waals surface area contributed by atoms with E-state index in [1.807, 2.05) is 13.8 Å². The number of hydrazine groups is 1. The molecule has 0 bridgehead atoms. The molecule has 0 amide bonds. The van der Waals surface area contributed by atoms with E-state index in [4.69, 9.17) is 17.4 Å². The number of thiazole rings is 1. The Hall–Kier alpha value is -1.01. The van der Waals surface area contributed by atoms with Gasteiger partial charge in [0.05, 0.1) is 16.7 Å². The van der Waals surface area contributed by atoms with Crippen molar-refractivity contribution in [3.63, 3.8) is 0 Å². The minimum atomic E-state index is -0.337. The minimum absolute atomic E-state index is 0.0749. The molecule has 19 heavy (non-hydrogen) atoms. The van der Waals surface area contributed by atoms with Gasteiger partial charge in [-0.05, 0) is 38.0 Å². The number of nitrogens with two attached hydrogens (primary N) is 1. The fourth-order valence-corrected chi connectivity index (χ4v) is 3.24. The second-order valence-corrected chi connectivity index (χ2v) is 5.98. The molecule has 0 aliphatic rings. The molecule has 0 radical (unpaired) electrons. The van der Waals surface area contributed by atoms with Crippen molar-refractivity contribution in [3.8, 4) is 0 Å². The van der Waals surface area contributed by atoms with E-state index in [1.165, 1.54) is 12.1 Å². The highest BCUT2D eigenvalue weighted by Gasteiger charge is 2.18. The van der Waals surface area contributed by atoms with Gasteiger partial charge in [0.2, 0.25) is 0 Å². The van der Waals surface area contributed by atoms with Crippen LogP contribution in [0, 0.1) is 19.7 Å². The van der Waals surface area contributed by atoms with Gasteiger partial charge in [0.25, 0.3) is 0 Å². The highest BCUT2D eigenvalue weighted by atomic mass is 35.5. The Labute approximate surface area is 120 Å². The largest absolute Gasteiger partial charge is 0.271 e. The lowest BCUT2D eigenvalue weighted by Gasteiger charge is -2.16. The van der Waals surface area contributed by atoms with Crippen molar-refractivity contribution < 1.29 is 4.39 Å². The van der Waals surface area contributed by atoms with Crippen LogP contribution >= 0.6 is 22.9 Å². The number of benzene rings is 1. The Morgan fingerprint density at radius 2 is 2.21 bits per heavy atom. The quantitative estimate of drug-likeness (QED) is 0.673. The Morgan fingerprint density at radius 3 is 2.74 bits per heavy atom. The smallest absolute Gasteiger partial charge is 0.124 e. The van der Waals surface area contributed by atoms with Crippen LogP contribution in [-0.2, 0) is 6.42 Å². The molecule has 0 fully saturated rings. The molecule has 6 heteroatoms. The summed E-state index contributed by atoms with van der Waals surface area (Å²) in [6.45, 7) is 3.91. The average molecular weight is 300 g/mol. The topological polar surface area (TPSA) is 50.9 Å². The normalized spacial score (nSPS) is 12.7. The summed E-state index contributed by atoms with van der Waals surface area (Å²) < 4.78 is 13.0. The molecule has 1 atom stereocenters. The van der Waals surface area contributed by atoms with Crippen LogP contribution in [0.5, 0.6) is 0 Å². The average Bonchev–Trinajstić information content (AvgIpc) is 2.68. The molecule has 3 nitrogen and oxygen atoms in total. The Balaban J connectivity index is 2.26. The number of nitrogens with one attached hydrogen (secondary N) is 1. The number of halogens is 2. The van der Waals surface area contributed by atoms with Crippen molar-refractivity contribution in [3.05, 3.63) is 50.2 Å². The Bertz CT molecular complexity index is 585. The predicted molar refractivity (Wildman–Crippen MR) is 76.8 cm³/mol. The maximum Gasteiger partial charge on any atom is 0.124 e. The fourth-order valence-electron chi connectivity index (χ4n) is 2.00. The number of nitrogens with zero attached hydrogens (tertiary/aromatic N) is 1. The third-order valence-electron chi connectivity index (χ3n) is 2.90. The lowest BCUT2D eigenvalue weighted by Crippen LogP contribution is -2.29. The molecule has 102 valence electrons. The zero-order chi connectivity index (χ0) is 14.0. The number of hydrogen-bond acceptors (Lipinski definition) is 4. The molecule has 3 N–H and O–H groups in total. The zero-order valence-electron chi connectivity index (χ0n) is 10.7. The van der Waals surface area contributed by atoms with Crippen LogP contribution < -0.4 is 11.3 Å². The summed E-state index contributed by atoms with van der Waals surface area (Å²) in [5.74, 6) is 5.29. The van der Waals surface area contributed by atoms with Crippen LogP contribution in [0.25, 0.3) is 0 Å². The first-order chi connectivity index (χ1) is 9.01. The van der Waals surface area contributed by atoms with E-state index in [9.17, 15) is 4.39 Å². The van der Waals surface area contributed by atoms with Crippen LogP contribution in [0.1, 0.15) is 27.2 Å². The molecule has 0 spiro atoms. The molecule has 0 saturated carbocycles. The van der Waals surface area contributed by atoms with Gasteiger partial charge in [-0.25, -0.2) is 9.37 Å². The first-order valence-electron chi connectivity index (χ1n) is 5.85. The van der Waals surface area contributed by atoms with E-state index in [0.717, 1.165) is 21.1 Å². The zero-order valence-corrected chi connectivity index (χ0v) is 12.3. The second-order valence-electron chi connectivity index (χ2n) is 4.34. The highest BCUT2D eigenvalue weighted by molar-refractivity contribution is 7.11. The van der Waals surface area contributed by atoms with Gasteiger partial charge in [-0.2, -0.15) is 0 Å². The van der Waals surface area contributed by atoms with Crippen LogP contribution in [0.4, 0.5) is 4.39 Å². The molecule has 2 rings (SSSR count). The third-order valence-corrected chi connectivity index (χ3v) is 4.43. The lowest BCUT2D eigenvalue weighted by molar-refractivity contribution is 0.556. The van der Waals surface area contributed by atoms with Gasteiger partial charge in [0.15, 0.2) is 0 Å². The molecule has 0 saturated heterocycles. The lowest BCUT2D eigenvalue weighted by atomic mass is 10.0. The molecule has 1 aromatic carbocycles. The number of rotatable bonds is 4. The summed E-state index contributed by atoms with van der Waals surface area (Å²) in [6.07, 6.45) is 0.595. The molecule has 1 heterocycles. The number of aromatic nitrogens is 1. The van der Waals surface area contributed by atoms with Crippen LogP contribution in [-0.4, -0.2) is 4.98 Å². The van der Waals surface area contributed by atoms with Gasteiger partial charge in [0.1, 0.15) is 5.82 Å². The maximum absolute atomic E-state index is 13.0. The first-order valence-corrected chi connectivity index (χ1v) is 7.04. The molecular formula is C13H15ClFN3S. The van der Waals surface area contributed by atoms with Crippen molar-refractivity contribution in [1.82, 2.24) is 10.4 Å². The summed E-state index contributed by atoms with van der Waals surface area (Å²) in [7, 11) is 0. The van der Waals surface area contributed by atoms with Crippen LogP contribution in [0.15, 0.2) is 18.2 Å². The minimum Gasteiger partial charge on any atom is -0.271 e. The number of hydrogen-bond donors (Lipinski definition) is 2. The van der Waals surface area contributed by atoms with Crippen molar-refractivity contribution in [1.29, 1.82) is 0 Å². The van der Waals surface area contributed by atoms with Gasteiger partial charge in [-0.1, -0.05) is 17.7 Å².